The van der Waals surface area contributed by atoms with Crippen molar-refractivity contribution in [1.29, 1.82) is 0 Å². The van der Waals surface area contributed by atoms with Crippen LogP contribution >= 0.6 is 0 Å². The second-order valence-electron chi connectivity index (χ2n) is 6.71. The number of carboxylic acids is 1. The van der Waals surface area contributed by atoms with Crippen LogP contribution in [0.1, 0.15) is 58.3 Å². The van der Waals surface area contributed by atoms with E-state index in [0.717, 1.165) is 25.7 Å². The number of ether oxygens (including phenoxy) is 2. The van der Waals surface area contributed by atoms with Gasteiger partial charge in [-0.3, -0.25) is 9.59 Å². The van der Waals surface area contributed by atoms with E-state index in [1.807, 2.05) is 6.92 Å². The highest BCUT2D eigenvalue weighted by Gasteiger charge is 2.41. The molecule has 1 heterocycles. The van der Waals surface area contributed by atoms with Crippen molar-refractivity contribution in [1.82, 2.24) is 5.32 Å². The molecule has 1 unspecified atom stereocenters. The molecule has 0 spiro atoms. The molecule has 2 fully saturated rings. The smallest absolute Gasteiger partial charge is 0.311 e. The summed E-state index contributed by atoms with van der Waals surface area (Å²) >= 11 is 0. The Bertz CT molecular complexity index is 400. The van der Waals surface area contributed by atoms with Gasteiger partial charge in [-0.05, 0) is 32.1 Å². The maximum Gasteiger partial charge on any atom is 0.311 e. The molecule has 0 aromatic rings. The van der Waals surface area contributed by atoms with E-state index in [4.69, 9.17) is 9.47 Å². The molecule has 6 heteroatoms. The van der Waals surface area contributed by atoms with Crippen molar-refractivity contribution < 1.29 is 24.2 Å². The van der Waals surface area contributed by atoms with E-state index in [1.165, 1.54) is 6.42 Å². The van der Waals surface area contributed by atoms with Crippen molar-refractivity contribution in [3.63, 3.8) is 0 Å². The zero-order valence-corrected chi connectivity index (χ0v) is 14.0. The van der Waals surface area contributed by atoms with E-state index in [0.29, 0.717) is 32.5 Å². The molecule has 1 aliphatic heterocycles. The number of carbonyl (C=O) groups is 2. The van der Waals surface area contributed by atoms with E-state index in [1.54, 1.807) is 0 Å². The fraction of sp³-hybridized carbons (Fsp3) is 0.882. The molecule has 1 aliphatic carbocycles. The van der Waals surface area contributed by atoms with Gasteiger partial charge in [0.05, 0.1) is 11.5 Å². The molecule has 1 amide bonds. The lowest BCUT2D eigenvalue weighted by Gasteiger charge is -2.34. The second kappa shape index (κ2) is 8.64. The Hall–Kier alpha value is -1.14. The second-order valence-corrected chi connectivity index (χ2v) is 6.71. The van der Waals surface area contributed by atoms with Crippen LogP contribution < -0.4 is 5.32 Å². The summed E-state index contributed by atoms with van der Waals surface area (Å²) < 4.78 is 11.2. The minimum absolute atomic E-state index is 0.148. The van der Waals surface area contributed by atoms with E-state index >= 15 is 0 Å². The molecule has 6 nitrogen and oxygen atoms in total. The van der Waals surface area contributed by atoms with Crippen molar-refractivity contribution >= 4 is 11.9 Å². The van der Waals surface area contributed by atoms with Gasteiger partial charge in [0.15, 0.2) is 0 Å². The van der Waals surface area contributed by atoms with Crippen LogP contribution in [0.4, 0.5) is 0 Å². The van der Waals surface area contributed by atoms with Gasteiger partial charge >= 0.3 is 5.97 Å². The van der Waals surface area contributed by atoms with Crippen molar-refractivity contribution in [2.75, 3.05) is 19.8 Å². The van der Waals surface area contributed by atoms with Gasteiger partial charge in [0, 0.05) is 19.8 Å². The molecule has 1 atom stereocenters. The van der Waals surface area contributed by atoms with Gasteiger partial charge in [-0.25, -0.2) is 0 Å². The lowest BCUT2D eigenvalue weighted by atomic mass is 9.80. The highest BCUT2D eigenvalue weighted by Crippen LogP contribution is 2.30. The van der Waals surface area contributed by atoms with Crippen LogP contribution in [0.5, 0.6) is 0 Å². The number of aliphatic carboxylic acids is 1. The summed E-state index contributed by atoms with van der Waals surface area (Å²) in [4.78, 5) is 24.0. The maximum absolute atomic E-state index is 12.4. The lowest BCUT2D eigenvalue weighted by Crippen LogP contribution is -2.49. The third-order valence-electron chi connectivity index (χ3n) is 5.08. The predicted octanol–water partition coefficient (Wildman–Crippen LogP) is 2.11. The normalized spacial score (nSPS) is 23.2. The number of carbonyl (C=O) groups excluding carboxylic acids is 1. The molecule has 2 rings (SSSR count). The van der Waals surface area contributed by atoms with E-state index < -0.39 is 17.5 Å². The zero-order chi connectivity index (χ0) is 16.7. The predicted molar refractivity (Wildman–Crippen MR) is 85.2 cm³/mol. The van der Waals surface area contributed by atoms with Gasteiger partial charge in [0.2, 0.25) is 5.91 Å². The number of amides is 1. The monoisotopic (exact) mass is 327 g/mol. The first-order valence-electron chi connectivity index (χ1n) is 8.82. The summed E-state index contributed by atoms with van der Waals surface area (Å²) in [6.45, 7) is 2.93. The maximum atomic E-state index is 12.4. The molecule has 0 aromatic heterocycles. The minimum atomic E-state index is -0.906. The average molecular weight is 327 g/mol. The molecule has 0 radical (unpaired) electrons. The quantitative estimate of drug-likeness (QED) is 0.748. The Morgan fingerprint density at radius 3 is 2.48 bits per heavy atom. The van der Waals surface area contributed by atoms with Crippen molar-refractivity contribution in [2.24, 2.45) is 5.41 Å². The Labute approximate surface area is 137 Å². The van der Waals surface area contributed by atoms with Gasteiger partial charge in [-0.2, -0.15) is 0 Å². The molecule has 23 heavy (non-hydrogen) atoms. The van der Waals surface area contributed by atoms with E-state index in [-0.39, 0.29) is 18.6 Å². The van der Waals surface area contributed by atoms with Crippen LogP contribution in [-0.2, 0) is 19.1 Å². The van der Waals surface area contributed by atoms with Gasteiger partial charge in [-0.15, -0.1) is 0 Å². The van der Waals surface area contributed by atoms with Crippen LogP contribution in [0.25, 0.3) is 0 Å². The van der Waals surface area contributed by atoms with Gasteiger partial charge in [0.1, 0.15) is 6.10 Å². The highest BCUT2D eigenvalue weighted by molar-refractivity contribution is 5.82. The molecule has 2 aliphatic rings. The molecule has 1 saturated carbocycles. The topological polar surface area (TPSA) is 84.9 Å². The number of rotatable bonds is 7. The highest BCUT2D eigenvalue weighted by atomic mass is 16.5. The Kier molecular flexibility index (Phi) is 6.84. The largest absolute Gasteiger partial charge is 0.481 e. The third-order valence-corrected chi connectivity index (χ3v) is 5.08. The Morgan fingerprint density at radius 2 is 1.91 bits per heavy atom. The van der Waals surface area contributed by atoms with Crippen LogP contribution in [-0.4, -0.2) is 48.9 Å². The zero-order valence-electron chi connectivity index (χ0n) is 14.0. The summed E-state index contributed by atoms with van der Waals surface area (Å²) in [5.74, 6) is -1.05. The van der Waals surface area contributed by atoms with Crippen LogP contribution in [0.15, 0.2) is 0 Å². The van der Waals surface area contributed by atoms with Crippen LogP contribution in [0.3, 0.4) is 0 Å². The van der Waals surface area contributed by atoms with Crippen molar-refractivity contribution in [2.45, 2.75) is 70.5 Å². The fourth-order valence-electron chi connectivity index (χ4n) is 3.38. The van der Waals surface area contributed by atoms with Gasteiger partial charge in [0.25, 0.3) is 0 Å². The molecule has 1 saturated heterocycles. The Balaban J connectivity index is 1.86. The molecule has 2 N–H and O–H groups in total. The third kappa shape index (κ3) is 4.91. The van der Waals surface area contributed by atoms with Crippen LogP contribution in [0.2, 0.25) is 0 Å². The number of hydrogen-bond acceptors (Lipinski definition) is 4. The summed E-state index contributed by atoms with van der Waals surface area (Å²) in [6.07, 6.45) is 6.74. The number of carboxylic acid groups (broad SMARTS) is 1. The van der Waals surface area contributed by atoms with Crippen molar-refractivity contribution in [3.05, 3.63) is 0 Å². The summed E-state index contributed by atoms with van der Waals surface area (Å²) in [5.41, 5.74) is -0.906. The Morgan fingerprint density at radius 1 is 1.26 bits per heavy atom. The molecule has 0 aromatic carbocycles. The standard InChI is InChI=1S/C17H29NO5/c1-2-14(23-13-6-4-3-5-7-13)15(19)18-12-17(16(20)21)8-10-22-11-9-17/h13-14H,2-12H2,1H3,(H,18,19)(H,20,21). The number of nitrogens with one attached hydrogen (secondary N) is 1. The summed E-state index contributed by atoms with van der Waals surface area (Å²) in [6, 6.07) is 0. The SMILES string of the molecule is CCC(OC1CCCCC1)C(=O)NCC1(C(=O)O)CCOCC1. The van der Waals surface area contributed by atoms with Crippen molar-refractivity contribution in [3.8, 4) is 0 Å². The minimum Gasteiger partial charge on any atom is -0.481 e. The number of hydrogen-bond donors (Lipinski definition) is 2. The molecule has 0 bridgehead atoms. The first kappa shape index (κ1) is 18.2. The molecule has 132 valence electrons. The first-order valence-corrected chi connectivity index (χ1v) is 8.82. The summed E-state index contributed by atoms with van der Waals surface area (Å²) in [5, 5.41) is 12.3. The van der Waals surface area contributed by atoms with Gasteiger partial charge in [-0.1, -0.05) is 26.2 Å². The molecular weight excluding hydrogens is 298 g/mol. The molecular formula is C17H29NO5. The average Bonchev–Trinajstić information content (AvgIpc) is 2.59. The first-order chi connectivity index (χ1) is 11.1. The summed E-state index contributed by atoms with van der Waals surface area (Å²) in [7, 11) is 0. The van der Waals surface area contributed by atoms with E-state index in [9.17, 15) is 14.7 Å². The van der Waals surface area contributed by atoms with Gasteiger partial charge < -0.3 is 19.9 Å². The lowest BCUT2D eigenvalue weighted by molar-refractivity contribution is -0.155. The van der Waals surface area contributed by atoms with Crippen LogP contribution in [0, 0.1) is 5.41 Å². The van der Waals surface area contributed by atoms with E-state index in [2.05, 4.69) is 5.32 Å². The fourth-order valence-corrected chi connectivity index (χ4v) is 3.38.